The average molecular weight is 307 g/mol. The zero-order valence-corrected chi connectivity index (χ0v) is 12.9. The Bertz CT molecular complexity index is 742. The Kier molecular flexibility index (Phi) is 4.75. The Labute approximate surface area is 124 Å². The molecule has 0 amide bonds. The van der Waals surface area contributed by atoms with Crippen molar-refractivity contribution in [3.63, 3.8) is 0 Å². The van der Waals surface area contributed by atoms with E-state index in [9.17, 15) is 12.8 Å². The van der Waals surface area contributed by atoms with Crippen LogP contribution in [-0.2, 0) is 16.4 Å². The van der Waals surface area contributed by atoms with Crippen LogP contribution >= 0.6 is 0 Å². The van der Waals surface area contributed by atoms with Crippen LogP contribution in [0.2, 0.25) is 0 Å². The van der Waals surface area contributed by atoms with E-state index < -0.39 is 10.0 Å². The molecule has 112 valence electrons. The minimum atomic E-state index is -3.57. The van der Waals surface area contributed by atoms with Gasteiger partial charge in [-0.15, -0.1) is 0 Å². The third-order valence-corrected chi connectivity index (χ3v) is 4.88. The van der Waals surface area contributed by atoms with Crippen LogP contribution in [0.25, 0.3) is 0 Å². The monoisotopic (exact) mass is 307 g/mol. The number of benzene rings is 2. The van der Waals surface area contributed by atoms with Crippen molar-refractivity contribution in [2.24, 2.45) is 0 Å². The number of sulfonamides is 1. The first kappa shape index (κ1) is 15.7. The molecule has 0 aliphatic carbocycles. The van der Waals surface area contributed by atoms with Crippen LogP contribution in [0.4, 0.5) is 4.39 Å². The molecule has 0 saturated heterocycles. The first-order chi connectivity index (χ1) is 9.90. The fourth-order valence-corrected chi connectivity index (χ4v) is 3.46. The molecular weight excluding hydrogens is 289 g/mol. The molecule has 5 heteroatoms. The summed E-state index contributed by atoms with van der Waals surface area (Å²) in [4.78, 5) is 0.274. The van der Waals surface area contributed by atoms with Crippen LogP contribution in [0, 0.1) is 19.7 Å². The maximum atomic E-state index is 13.5. The minimum Gasteiger partial charge on any atom is -0.211 e. The second-order valence-electron chi connectivity index (χ2n) is 5.01. The van der Waals surface area contributed by atoms with Gasteiger partial charge in [0.15, 0.2) is 0 Å². The van der Waals surface area contributed by atoms with Crippen molar-refractivity contribution in [2.75, 3.05) is 6.54 Å². The van der Waals surface area contributed by atoms with Crippen molar-refractivity contribution in [3.05, 3.63) is 65.0 Å². The van der Waals surface area contributed by atoms with Gasteiger partial charge in [-0.25, -0.2) is 17.5 Å². The summed E-state index contributed by atoms with van der Waals surface area (Å²) in [5.74, 6) is -0.316. The first-order valence-corrected chi connectivity index (χ1v) is 8.19. The zero-order valence-electron chi connectivity index (χ0n) is 12.1. The fourth-order valence-electron chi connectivity index (χ4n) is 2.10. The van der Waals surface area contributed by atoms with Crippen molar-refractivity contribution in [1.82, 2.24) is 4.72 Å². The van der Waals surface area contributed by atoms with E-state index >= 15 is 0 Å². The molecule has 21 heavy (non-hydrogen) atoms. The molecule has 0 radical (unpaired) electrons. The van der Waals surface area contributed by atoms with Gasteiger partial charge in [0.05, 0.1) is 4.90 Å². The number of hydrogen-bond donors (Lipinski definition) is 1. The van der Waals surface area contributed by atoms with E-state index in [0.717, 1.165) is 5.56 Å². The van der Waals surface area contributed by atoms with E-state index in [1.54, 1.807) is 37.3 Å². The summed E-state index contributed by atoms with van der Waals surface area (Å²) < 4.78 is 40.5. The van der Waals surface area contributed by atoms with E-state index in [1.165, 1.54) is 6.07 Å². The SMILES string of the molecule is Cc1ccc(C)c(S(=O)(=O)NCCc2ccccc2F)c1. The largest absolute Gasteiger partial charge is 0.240 e. The maximum absolute atomic E-state index is 13.5. The highest BCUT2D eigenvalue weighted by atomic mass is 32.2. The number of aryl methyl sites for hydroxylation is 2. The average Bonchev–Trinajstić information content (AvgIpc) is 2.43. The second-order valence-corrected chi connectivity index (χ2v) is 6.74. The molecule has 0 bridgehead atoms. The van der Waals surface area contributed by atoms with Crippen LogP contribution < -0.4 is 4.72 Å². The Morgan fingerprint density at radius 2 is 1.81 bits per heavy atom. The number of halogens is 1. The van der Waals surface area contributed by atoms with Crippen LogP contribution in [0.15, 0.2) is 47.4 Å². The van der Waals surface area contributed by atoms with Crippen LogP contribution in [0.3, 0.4) is 0 Å². The van der Waals surface area contributed by atoms with Gasteiger partial charge in [-0.2, -0.15) is 0 Å². The fraction of sp³-hybridized carbons (Fsp3) is 0.250. The Hall–Kier alpha value is -1.72. The summed E-state index contributed by atoms with van der Waals surface area (Å²) >= 11 is 0. The summed E-state index contributed by atoms with van der Waals surface area (Å²) in [5, 5.41) is 0. The summed E-state index contributed by atoms with van der Waals surface area (Å²) in [6, 6.07) is 11.7. The molecule has 2 rings (SSSR count). The Morgan fingerprint density at radius 1 is 1.10 bits per heavy atom. The van der Waals surface area contributed by atoms with Gasteiger partial charge in [-0.05, 0) is 49.1 Å². The van der Waals surface area contributed by atoms with Crippen molar-refractivity contribution in [1.29, 1.82) is 0 Å². The molecule has 0 saturated carbocycles. The smallest absolute Gasteiger partial charge is 0.211 e. The Balaban J connectivity index is 2.08. The molecule has 0 aliphatic heterocycles. The molecule has 0 unspecified atom stereocenters. The van der Waals surface area contributed by atoms with Crippen LogP contribution in [0.1, 0.15) is 16.7 Å². The molecule has 0 atom stereocenters. The first-order valence-electron chi connectivity index (χ1n) is 6.70. The molecule has 2 aromatic carbocycles. The van der Waals surface area contributed by atoms with Gasteiger partial charge in [0, 0.05) is 6.54 Å². The summed E-state index contributed by atoms with van der Waals surface area (Å²) in [7, 11) is -3.57. The van der Waals surface area contributed by atoms with Gasteiger partial charge >= 0.3 is 0 Å². The molecule has 0 fully saturated rings. The molecule has 0 aromatic heterocycles. The van der Waals surface area contributed by atoms with Crippen LogP contribution in [0.5, 0.6) is 0 Å². The minimum absolute atomic E-state index is 0.163. The van der Waals surface area contributed by atoms with Crippen LogP contribution in [-0.4, -0.2) is 15.0 Å². The number of hydrogen-bond acceptors (Lipinski definition) is 2. The second kappa shape index (κ2) is 6.37. The van der Waals surface area contributed by atoms with E-state index in [-0.39, 0.29) is 17.3 Å². The van der Waals surface area contributed by atoms with E-state index in [1.807, 2.05) is 13.0 Å². The van der Waals surface area contributed by atoms with E-state index in [0.29, 0.717) is 17.5 Å². The normalized spacial score (nSPS) is 11.6. The molecule has 1 N–H and O–H groups in total. The summed E-state index contributed by atoms with van der Waals surface area (Å²) in [6.07, 6.45) is 0.316. The van der Waals surface area contributed by atoms with Gasteiger partial charge < -0.3 is 0 Å². The van der Waals surface area contributed by atoms with E-state index in [4.69, 9.17) is 0 Å². The number of nitrogens with one attached hydrogen (secondary N) is 1. The standard InChI is InChI=1S/C16H18FNO2S/c1-12-7-8-13(2)16(11-12)21(19,20)18-10-9-14-5-3-4-6-15(14)17/h3-8,11,18H,9-10H2,1-2H3. The summed E-state index contributed by atoms with van der Waals surface area (Å²) in [5.41, 5.74) is 2.08. The number of rotatable bonds is 5. The Morgan fingerprint density at radius 3 is 2.52 bits per heavy atom. The molecule has 0 aliphatic rings. The van der Waals surface area contributed by atoms with Crippen molar-refractivity contribution >= 4 is 10.0 Å². The van der Waals surface area contributed by atoms with Gasteiger partial charge in [0.1, 0.15) is 5.82 Å². The molecule has 2 aromatic rings. The maximum Gasteiger partial charge on any atom is 0.240 e. The quantitative estimate of drug-likeness (QED) is 0.923. The highest BCUT2D eigenvalue weighted by Gasteiger charge is 2.16. The molecule has 0 heterocycles. The predicted octanol–water partition coefficient (Wildman–Crippen LogP) is 2.96. The highest BCUT2D eigenvalue weighted by Crippen LogP contribution is 2.16. The lowest BCUT2D eigenvalue weighted by molar-refractivity contribution is 0.577. The predicted molar refractivity (Wildman–Crippen MR) is 81.2 cm³/mol. The van der Waals surface area contributed by atoms with Crippen molar-refractivity contribution in [2.45, 2.75) is 25.2 Å². The van der Waals surface area contributed by atoms with Gasteiger partial charge in [0.2, 0.25) is 10.0 Å². The van der Waals surface area contributed by atoms with E-state index in [2.05, 4.69) is 4.72 Å². The van der Waals surface area contributed by atoms with Crippen molar-refractivity contribution in [3.8, 4) is 0 Å². The lowest BCUT2D eigenvalue weighted by Gasteiger charge is -2.10. The van der Waals surface area contributed by atoms with Gasteiger partial charge in [0.25, 0.3) is 0 Å². The highest BCUT2D eigenvalue weighted by molar-refractivity contribution is 7.89. The van der Waals surface area contributed by atoms with Gasteiger partial charge in [-0.3, -0.25) is 0 Å². The lowest BCUT2D eigenvalue weighted by atomic mass is 10.1. The molecule has 3 nitrogen and oxygen atoms in total. The van der Waals surface area contributed by atoms with Crippen molar-refractivity contribution < 1.29 is 12.8 Å². The summed E-state index contributed by atoms with van der Waals surface area (Å²) in [6.45, 7) is 3.76. The third kappa shape index (κ3) is 3.89. The third-order valence-electron chi connectivity index (χ3n) is 3.28. The topological polar surface area (TPSA) is 46.2 Å². The molecular formula is C16H18FNO2S. The zero-order chi connectivity index (χ0) is 15.5. The van der Waals surface area contributed by atoms with Gasteiger partial charge in [-0.1, -0.05) is 30.3 Å². The lowest BCUT2D eigenvalue weighted by Crippen LogP contribution is -2.26. The molecule has 0 spiro atoms.